The van der Waals surface area contributed by atoms with Gasteiger partial charge in [-0.3, -0.25) is 4.57 Å². The van der Waals surface area contributed by atoms with Gasteiger partial charge in [-0.2, -0.15) is 10.1 Å². The number of nitrogens with one attached hydrogen (secondary N) is 1. The van der Waals surface area contributed by atoms with E-state index in [4.69, 9.17) is 14.0 Å². The molecular weight excluding hydrogens is 613 g/mol. The summed E-state index contributed by atoms with van der Waals surface area (Å²) in [6.07, 6.45) is -0.786. The van der Waals surface area contributed by atoms with Crippen molar-refractivity contribution in [2.45, 2.75) is 22.9 Å². The van der Waals surface area contributed by atoms with Crippen molar-refractivity contribution in [2.75, 3.05) is 34.8 Å². The van der Waals surface area contributed by atoms with Gasteiger partial charge in [0.05, 0.1) is 0 Å². The molecule has 3 aromatic carbocycles. The number of hydroxylamine groups is 4. The van der Waals surface area contributed by atoms with Crippen LogP contribution in [-0.2, 0) is 29.8 Å². The van der Waals surface area contributed by atoms with Gasteiger partial charge >= 0.3 is 19.7 Å². The third kappa shape index (κ3) is 7.43. The summed E-state index contributed by atoms with van der Waals surface area (Å²) >= 11 is 3.43. The second-order valence-corrected chi connectivity index (χ2v) is 13.5. The van der Waals surface area contributed by atoms with Crippen molar-refractivity contribution in [3.05, 3.63) is 95.1 Å². The summed E-state index contributed by atoms with van der Waals surface area (Å²) in [7, 11) is 2.73. The van der Waals surface area contributed by atoms with Crippen LogP contribution < -0.4 is 5.32 Å². The smallest absolute Gasteiger partial charge is 0.407 e. The van der Waals surface area contributed by atoms with Crippen molar-refractivity contribution in [3.63, 3.8) is 0 Å². The largest absolute Gasteiger partial charge is 0.480 e. The van der Waals surface area contributed by atoms with Crippen LogP contribution in [0.1, 0.15) is 32.7 Å². The van der Waals surface area contributed by atoms with E-state index in [1.807, 2.05) is 48.5 Å². The summed E-state index contributed by atoms with van der Waals surface area (Å²) in [6.45, 7) is 0.0810. The number of carbonyl (C=O) groups is 2. The zero-order valence-corrected chi connectivity index (χ0v) is 25.7. The number of benzene rings is 3. The van der Waals surface area contributed by atoms with Crippen molar-refractivity contribution >= 4 is 35.6 Å². The van der Waals surface area contributed by atoms with E-state index in [-0.39, 0.29) is 18.9 Å². The molecule has 0 aliphatic heterocycles. The Balaban J connectivity index is 1.39. The van der Waals surface area contributed by atoms with E-state index in [1.165, 1.54) is 10.1 Å². The Morgan fingerprint density at radius 3 is 1.90 bits per heavy atom. The first-order valence-electron chi connectivity index (χ1n) is 12.9. The number of carbonyl (C=O) groups excluding carboxylic acids is 1. The van der Waals surface area contributed by atoms with Crippen LogP contribution in [-0.4, -0.2) is 68.1 Å². The number of aliphatic carboxylic acids is 1. The molecule has 10 nitrogen and oxygen atoms in total. The lowest BCUT2D eigenvalue weighted by Crippen LogP contribution is -2.42. The number of hydrogen-bond acceptors (Lipinski definition) is 8. The highest BCUT2D eigenvalue weighted by atomic mass is 79.9. The van der Waals surface area contributed by atoms with Gasteiger partial charge in [-0.15, -0.1) is 0 Å². The monoisotopic (exact) mass is 645 g/mol. The van der Waals surface area contributed by atoms with E-state index < -0.39 is 30.3 Å². The van der Waals surface area contributed by atoms with Crippen molar-refractivity contribution in [2.24, 2.45) is 0 Å². The predicted octanol–water partition coefficient (Wildman–Crippen LogP) is 5.79. The average Bonchev–Trinajstić information content (AvgIpc) is 3.24. The van der Waals surface area contributed by atoms with E-state index in [1.54, 1.807) is 52.5 Å². The summed E-state index contributed by atoms with van der Waals surface area (Å²) < 4.78 is 29.1. The summed E-state index contributed by atoms with van der Waals surface area (Å²) in [5.74, 6) is -1.32. The Kier molecular flexibility index (Phi) is 10.0. The highest BCUT2D eigenvalue weighted by molar-refractivity contribution is 9.10. The van der Waals surface area contributed by atoms with Gasteiger partial charge < -0.3 is 15.2 Å². The van der Waals surface area contributed by atoms with Gasteiger partial charge in [0.1, 0.15) is 17.2 Å². The molecule has 0 fully saturated rings. The fourth-order valence-corrected chi connectivity index (χ4v) is 7.16. The number of halogens is 1. The maximum atomic E-state index is 13.4. The van der Waals surface area contributed by atoms with Gasteiger partial charge in [0.15, 0.2) is 0 Å². The Bertz CT molecular complexity index is 1370. The van der Waals surface area contributed by atoms with Gasteiger partial charge in [0.2, 0.25) is 0 Å². The molecule has 218 valence electrons. The fraction of sp³-hybridized carbons (Fsp3) is 0.310. The second-order valence-electron chi connectivity index (χ2n) is 9.97. The molecule has 1 aliphatic rings. The Morgan fingerprint density at radius 1 is 0.902 bits per heavy atom. The number of carboxylic acid groups (broad SMARTS) is 1. The van der Waals surface area contributed by atoms with Gasteiger partial charge in [-0.05, 0) is 33.4 Å². The lowest BCUT2D eigenvalue weighted by atomic mass is 9.98. The highest BCUT2D eigenvalue weighted by Gasteiger charge is 2.38. The van der Waals surface area contributed by atoms with Crippen LogP contribution in [0.2, 0.25) is 0 Å². The molecule has 0 bridgehead atoms. The van der Waals surface area contributed by atoms with E-state index in [0.29, 0.717) is 11.1 Å². The van der Waals surface area contributed by atoms with Crippen LogP contribution in [0, 0.1) is 0 Å². The number of amides is 1. The summed E-state index contributed by atoms with van der Waals surface area (Å²) in [4.78, 5) is 24.7. The lowest BCUT2D eigenvalue weighted by Gasteiger charge is -2.27. The number of fused-ring (bicyclic) bond motifs is 3. The maximum absolute atomic E-state index is 13.4. The summed E-state index contributed by atoms with van der Waals surface area (Å²) in [6, 6.07) is 21.6. The van der Waals surface area contributed by atoms with Crippen LogP contribution in [0.5, 0.6) is 0 Å². The molecule has 1 amide bonds. The van der Waals surface area contributed by atoms with Gasteiger partial charge in [-0.1, -0.05) is 88.7 Å². The Labute approximate surface area is 247 Å². The zero-order chi connectivity index (χ0) is 29.7. The normalized spacial score (nSPS) is 14.4. The molecule has 0 saturated heterocycles. The Hall–Kier alpha value is -3.05. The van der Waals surface area contributed by atoms with Crippen LogP contribution in [0.25, 0.3) is 11.1 Å². The van der Waals surface area contributed by atoms with E-state index in [0.717, 1.165) is 22.3 Å². The molecule has 2 N–H and O–H groups in total. The Morgan fingerprint density at radius 2 is 1.41 bits per heavy atom. The molecule has 0 saturated carbocycles. The SMILES string of the molecule is CN(C)OP(=O)(ON(C)C)C(Br)c1ccc(CC(NC(=O)OCC2c3ccccc3-c3ccccc32)C(=O)O)cc1. The standard InChI is InChI=1S/C29H33BrN3O7P/c1-32(2)39-41(37,40-33(3)4)27(30)20-15-13-19(14-16-20)17-26(28(34)35)31-29(36)38-18-25-23-11-7-5-9-21(23)22-10-6-8-12-24(22)25/h5-16,25-27H,17-18H2,1-4H3,(H,31,36)(H,34,35). The maximum Gasteiger partial charge on any atom is 0.407 e. The average molecular weight is 646 g/mol. The third-order valence-electron chi connectivity index (χ3n) is 6.46. The van der Waals surface area contributed by atoms with Crippen molar-refractivity contribution < 1.29 is 33.2 Å². The molecule has 2 unspecified atom stereocenters. The first kappa shape index (κ1) is 30.9. The van der Waals surface area contributed by atoms with Gasteiger partial charge in [0.25, 0.3) is 0 Å². The minimum Gasteiger partial charge on any atom is -0.480 e. The van der Waals surface area contributed by atoms with Crippen LogP contribution in [0.15, 0.2) is 72.8 Å². The van der Waals surface area contributed by atoms with Crippen LogP contribution in [0.4, 0.5) is 4.79 Å². The van der Waals surface area contributed by atoms with Crippen molar-refractivity contribution in [1.29, 1.82) is 0 Å². The lowest BCUT2D eigenvalue weighted by molar-refractivity contribution is -0.139. The van der Waals surface area contributed by atoms with E-state index in [2.05, 4.69) is 21.2 Å². The number of hydrogen-bond donors (Lipinski definition) is 2. The molecular formula is C29H33BrN3O7P. The van der Waals surface area contributed by atoms with Gasteiger partial charge in [0, 0.05) is 40.5 Å². The van der Waals surface area contributed by atoms with Crippen molar-refractivity contribution in [3.8, 4) is 11.1 Å². The topological polar surface area (TPSA) is 118 Å². The minimum atomic E-state index is -3.68. The molecule has 0 spiro atoms. The van der Waals surface area contributed by atoms with Crippen LogP contribution in [0.3, 0.4) is 0 Å². The number of carboxylic acids is 1. The zero-order valence-electron chi connectivity index (χ0n) is 23.2. The minimum absolute atomic E-state index is 0.0207. The van der Waals surface area contributed by atoms with Crippen molar-refractivity contribution in [1.82, 2.24) is 15.4 Å². The number of rotatable bonds is 12. The molecule has 3 aromatic rings. The fourth-order valence-electron chi connectivity index (χ4n) is 4.77. The number of alkyl halides is 1. The molecule has 0 aromatic heterocycles. The molecule has 0 heterocycles. The third-order valence-corrected chi connectivity index (χ3v) is 10.5. The first-order valence-corrected chi connectivity index (χ1v) is 15.4. The molecule has 4 rings (SSSR count). The first-order chi connectivity index (χ1) is 19.5. The number of nitrogens with zero attached hydrogens (tertiary/aromatic N) is 2. The molecule has 41 heavy (non-hydrogen) atoms. The quantitative estimate of drug-likeness (QED) is 0.143. The summed E-state index contributed by atoms with van der Waals surface area (Å²) in [5.41, 5.74) is 5.60. The molecule has 1 aliphatic carbocycles. The molecule has 0 radical (unpaired) electrons. The van der Waals surface area contributed by atoms with E-state index >= 15 is 0 Å². The second kappa shape index (κ2) is 13.3. The van der Waals surface area contributed by atoms with E-state index in [9.17, 15) is 19.3 Å². The van der Waals surface area contributed by atoms with Crippen LogP contribution >= 0.6 is 23.5 Å². The predicted molar refractivity (Wildman–Crippen MR) is 159 cm³/mol. The molecule has 2 atom stereocenters. The number of ether oxygens (including phenoxy) is 1. The van der Waals surface area contributed by atoms with Gasteiger partial charge in [-0.25, -0.2) is 18.8 Å². The highest BCUT2D eigenvalue weighted by Crippen LogP contribution is 2.64. The molecule has 12 heteroatoms. The summed E-state index contributed by atoms with van der Waals surface area (Å²) in [5, 5.41) is 14.9. The number of alkyl carbamates (subject to hydrolysis) is 1.